The highest BCUT2D eigenvalue weighted by Crippen LogP contribution is 2.27. The number of allylic oxidation sites excluding steroid dienone is 2. The van der Waals surface area contributed by atoms with Gasteiger partial charge in [-0.15, -0.1) is 12.4 Å². The van der Waals surface area contributed by atoms with E-state index in [2.05, 4.69) is 10.6 Å². The van der Waals surface area contributed by atoms with Gasteiger partial charge in [0.2, 0.25) is 5.91 Å². The van der Waals surface area contributed by atoms with Crippen LogP contribution in [0.2, 0.25) is 0 Å². The molecule has 2 aliphatic rings. The number of halogens is 2. The summed E-state index contributed by atoms with van der Waals surface area (Å²) in [6, 6.07) is 0. The molecule has 0 bridgehead atoms. The molecule has 0 aromatic heterocycles. The van der Waals surface area contributed by atoms with E-state index < -0.39 is 11.6 Å². The van der Waals surface area contributed by atoms with Gasteiger partial charge in [-0.3, -0.25) is 10.5 Å². The zero-order chi connectivity index (χ0) is 14.6. The zero-order valence-corrected chi connectivity index (χ0v) is 13.4. The second-order valence-electron chi connectivity index (χ2n) is 4.86. The number of methoxy groups -OCH3 is 1. The van der Waals surface area contributed by atoms with E-state index in [1.807, 2.05) is 0 Å². The van der Waals surface area contributed by atoms with Crippen LogP contribution in [0, 0.1) is 5.92 Å². The van der Waals surface area contributed by atoms with Crippen molar-refractivity contribution in [2.75, 3.05) is 33.4 Å². The molecule has 6 nitrogen and oxygen atoms in total. The van der Waals surface area contributed by atoms with Crippen molar-refractivity contribution >= 4 is 29.9 Å². The molecule has 21 heavy (non-hydrogen) atoms. The van der Waals surface area contributed by atoms with Crippen molar-refractivity contribution in [2.45, 2.75) is 11.8 Å². The number of nitrogens with two attached hydrogens (primary N) is 1. The van der Waals surface area contributed by atoms with E-state index in [9.17, 15) is 4.79 Å². The van der Waals surface area contributed by atoms with E-state index in [0.29, 0.717) is 18.2 Å². The number of hydrogen-bond acceptors (Lipinski definition) is 5. The lowest BCUT2D eigenvalue weighted by atomic mass is 9.90. The highest BCUT2D eigenvalue weighted by atomic mass is 35.5. The molecule has 2 rings (SSSR count). The maximum absolute atomic E-state index is 12.3. The van der Waals surface area contributed by atoms with Crippen molar-refractivity contribution in [1.29, 1.82) is 0 Å². The Kier molecular flexibility index (Phi) is 7.12. The lowest BCUT2D eigenvalue weighted by molar-refractivity contribution is -0.131. The highest BCUT2D eigenvalue weighted by molar-refractivity contribution is 6.31. The van der Waals surface area contributed by atoms with Gasteiger partial charge in [0.25, 0.3) is 0 Å². The monoisotopic (exact) mass is 337 g/mol. The Bertz CT molecular complexity index is 425. The highest BCUT2D eigenvalue weighted by Gasteiger charge is 2.38. The van der Waals surface area contributed by atoms with Crippen molar-refractivity contribution in [3.63, 3.8) is 0 Å². The third-order valence-electron chi connectivity index (χ3n) is 3.46. The second kappa shape index (κ2) is 8.12. The molecule has 1 heterocycles. The lowest BCUT2D eigenvalue weighted by Crippen LogP contribution is -2.55. The first-order valence-corrected chi connectivity index (χ1v) is 6.93. The Morgan fingerprint density at radius 1 is 1.71 bits per heavy atom. The van der Waals surface area contributed by atoms with E-state index in [4.69, 9.17) is 26.8 Å². The number of morpholine rings is 1. The Hall–Kier alpha value is -0.630. The molecule has 0 aromatic rings. The minimum atomic E-state index is -1.17. The fourth-order valence-electron chi connectivity index (χ4n) is 2.21. The van der Waals surface area contributed by atoms with E-state index in [-0.39, 0.29) is 24.4 Å². The Morgan fingerprint density at radius 2 is 2.48 bits per heavy atom. The topological polar surface area (TPSA) is 85.6 Å². The van der Waals surface area contributed by atoms with Crippen molar-refractivity contribution in [3.8, 4) is 0 Å². The maximum Gasteiger partial charge on any atom is 0.231 e. The fraction of sp³-hybridized carbons (Fsp3) is 0.615. The van der Waals surface area contributed by atoms with Crippen molar-refractivity contribution in [2.24, 2.45) is 11.7 Å². The molecule has 3 atom stereocenters. The van der Waals surface area contributed by atoms with E-state index in [0.717, 1.165) is 13.1 Å². The normalized spacial score (nSPS) is 32.0. The summed E-state index contributed by atoms with van der Waals surface area (Å²) in [7, 11) is 1.46. The van der Waals surface area contributed by atoms with Crippen LogP contribution < -0.4 is 16.4 Å². The average molecular weight is 338 g/mol. The number of amides is 1. The number of hydrogen-bond donors (Lipinski definition) is 3. The molecular weight excluding hydrogens is 317 g/mol. The van der Waals surface area contributed by atoms with Crippen LogP contribution in [0.15, 0.2) is 23.3 Å². The first kappa shape index (κ1) is 18.4. The van der Waals surface area contributed by atoms with Crippen LogP contribution in [0.25, 0.3) is 0 Å². The van der Waals surface area contributed by atoms with Gasteiger partial charge in [0.1, 0.15) is 5.92 Å². The van der Waals surface area contributed by atoms with Gasteiger partial charge in [-0.2, -0.15) is 0 Å². The summed E-state index contributed by atoms with van der Waals surface area (Å²) in [6.07, 6.45) is 4.79. The summed E-state index contributed by atoms with van der Waals surface area (Å²) in [5.41, 5.74) is 4.89. The molecule has 1 amide bonds. The van der Waals surface area contributed by atoms with Crippen molar-refractivity contribution in [1.82, 2.24) is 10.6 Å². The van der Waals surface area contributed by atoms with Gasteiger partial charge in [-0.25, -0.2) is 0 Å². The number of carbonyl (C=O) groups excluding carboxylic acids is 1. The molecular formula is C13H21Cl2N3O3. The average Bonchev–Trinajstić information content (AvgIpc) is 2.48. The quantitative estimate of drug-likeness (QED) is 0.634. The molecule has 0 spiro atoms. The van der Waals surface area contributed by atoms with Crippen LogP contribution in [0.1, 0.15) is 0 Å². The molecule has 0 aromatic carbocycles. The SMILES string of the molecule is COC1(N)C=CC(Cl)=CC1C(=O)NCC1CNCCO1.Cl. The van der Waals surface area contributed by atoms with Gasteiger partial charge in [-0.1, -0.05) is 11.6 Å². The maximum atomic E-state index is 12.3. The predicted octanol–water partition coefficient (Wildman–Crippen LogP) is 0.123. The first-order valence-electron chi connectivity index (χ1n) is 6.56. The third kappa shape index (κ3) is 4.67. The summed E-state index contributed by atoms with van der Waals surface area (Å²) in [6.45, 7) is 2.64. The standard InChI is InChI=1S/C13H20ClN3O3.ClH/c1-19-13(15)3-2-9(14)6-11(13)12(18)17-8-10-7-16-4-5-20-10;/h2-3,6,10-11,16H,4-5,7-8,15H2,1H3,(H,17,18);1H. The van der Waals surface area contributed by atoms with E-state index in [1.165, 1.54) is 7.11 Å². The van der Waals surface area contributed by atoms with Crippen LogP contribution in [-0.2, 0) is 14.3 Å². The summed E-state index contributed by atoms with van der Waals surface area (Å²) >= 11 is 5.94. The molecule has 0 radical (unpaired) electrons. The molecule has 120 valence electrons. The van der Waals surface area contributed by atoms with Gasteiger partial charge in [0.15, 0.2) is 5.72 Å². The predicted molar refractivity (Wildman–Crippen MR) is 83.4 cm³/mol. The molecule has 1 aliphatic carbocycles. The number of nitrogens with one attached hydrogen (secondary N) is 2. The van der Waals surface area contributed by atoms with Crippen LogP contribution in [-0.4, -0.2) is 51.1 Å². The molecule has 1 aliphatic heterocycles. The summed E-state index contributed by atoms with van der Waals surface area (Å²) in [5.74, 6) is -0.896. The Morgan fingerprint density at radius 3 is 3.10 bits per heavy atom. The summed E-state index contributed by atoms with van der Waals surface area (Å²) < 4.78 is 10.8. The molecule has 0 saturated carbocycles. The zero-order valence-electron chi connectivity index (χ0n) is 11.8. The number of rotatable bonds is 4. The molecule has 1 saturated heterocycles. The third-order valence-corrected chi connectivity index (χ3v) is 3.71. The van der Waals surface area contributed by atoms with Crippen molar-refractivity contribution < 1.29 is 14.3 Å². The van der Waals surface area contributed by atoms with Gasteiger partial charge >= 0.3 is 0 Å². The summed E-state index contributed by atoms with van der Waals surface area (Å²) in [4.78, 5) is 12.3. The summed E-state index contributed by atoms with van der Waals surface area (Å²) in [5, 5.41) is 6.50. The Labute approximate surface area is 135 Å². The van der Waals surface area contributed by atoms with Gasteiger partial charge in [-0.05, 0) is 18.2 Å². The van der Waals surface area contributed by atoms with E-state index in [1.54, 1.807) is 18.2 Å². The first-order chi connectivity index (χ1) is 9.55. The molecule has 1 fully saturated rings. The van der Waals surface area contributed by atoms with Gasteiger partial charge < -0.3 is 20.1 Å². The van der Waals surface area contributed by atoms with Crippen LogP contribution in [0.3, 0.4) is 0 Å². The van der Waals surface area contributed by atoms with Crippen LogP contribution >= 0.6 is 24.0 Å². The number of carbonyl (C=O) groups is 1. The Balaban J connectivity index is 0.00000220. The van der Waals surface area contributed by atoms with E-state index >= 15 is 0 Å². The smallest absolute Gasteiger partial charge is 0.231 e. The fourth-order valence-corrected chi connectivity index (χ4v) is 2.40. The molecule has 3 unspecified atom stereocenters. The molecule has 4 N–H and O–H groups in total. The van der Waals surface area contributed by atoms with Gasteiger partial charge in [0.05, 0.1) is 12.7 Å². The van der Waals surface area contributed by atoms with Crippen LogP contribution in [0.5, 0.6) is 0 Å². The minimum absolute atomic E-state index is 0. The van der Waals surface area contributed by atoms with Crippen LogP contribution in [0.4, 0.5) is 0 Å². The second-order valence-corrected chi connectivity index (χ2v) is 5.30. The lowest BCUT2D eigenvalue weighted by Gasteiger charge is -2.33. The number of ether oxygens (including phenoxy) is 2. The largest absolute Gasteiger partial charge is 0.374 e. The minimum Gasteiger partial charge on any atom is -0.374 e. The molecule has 8 heteroatoms. The van der Waals surface area contributed by atoms with Crippen molar-refractivity contribution in [3.05, 3.63) is 23.3 Å². The van der Waals surface area contributed by atoms with Gasteiger partial charge in [0, 0.05) is 31.8 Å².